The van der Waals surface area contributed by atoms with Gasteiger partial charge in [-0.05, 0) is 0 Å². The molecule has 0 spiro atoms. The number of imidazole rings is 1. The molecule has 9 nitrogen and oxygen atoms in total. The van der Waals surface area contributed by atoms with Gasteiger partial charge >= 0.3 is 6.18 Å². The predicted octanol–water partition coefficient (Wildman–Crippen LogP) is 0.0645. The van der Waals surface area contributed by atoms with Gasteiger partial charge in [0.1, 0.15) is 23.8 Å². The van der Waals surface area contributed by atoms with Crippen molar-refractivity contribution >= 4 is 28.7 Å². The first-order valence-corrected chi connectivity index (χ1v) is 8.52. The fourth-order valence-corrected chi connectivity index (χ4v) is 3.37. The van der Waals surface area contributed by atoms with E-state index in [4.69, 9.17) is 10.5 Å². The molecule has 1 aliphatic rings. The van der Waals surface area contributed by atoms with Crippen LogP contribution in [0.15, 0.2) is 11.5 Å². The quantitative estimate of drug-likeness (QED) is 0.409. The number of hydrogen-bond acceptors (Lipinski definition) is 9. The fourth-order valence-electron chi connectivity index (χ4n) is 2.54. The first-order chi connectivity index (χ1) is 12.2. The van der Waals surface area contributed by atoms with Gasteiger partial charge in [-0.15, -0.1) is 0 Å². The molecule has 1 fully saturated rings. The van der Waals surface area contributed by atoms with Crippen LogP contribution in [0.3, 0.4) is 0 Å². The summed E-state index contributed by atoms with van der Waals surface area (Å²) in [5.41, 5.74) is 6.11. The summed E-state index contributed by atoms with van der Waals surface area (Å²) in [4.78, 5) is 12.1. The number of aliphatic hydroxyl groups excluding tert-OH is 3. The minimum Gasteiger partial charge on any atom is -0.394 e. The molecule has 13 heteroatoms. The highest BCUT2D eigenvalue weighted by Gasteiger charge is 2.44. The highest BCUT2D eigenvalue weighted by Crippen LogP contribution is 2.33. The van der Waals surface area contributed by atoms with Gasteiger partial charge in [-0.2, -0.15) is 13.2 Å². The summed E-state index contributed by atoms with van der Waals surface area (Å²) in [6.07, 6.45) is -8.79. The van der Waals surface area contributed by atoms with Crippen molar-refractivity contribution in [3.63, 3.8) is 0 Å². The molecule has 0 unspecified atom stereocenters. The first kappa shape index (κ1) is 19.1. The molecule has 1 saturated heterocycles. The molecule has 0 radical (unpaired) electrons. The second-order valence-electron chi connectivity index (χ2n) is 5.66. The number of aliphatic hydroxyl groups is 3. The molecule has 4 atom stereocenters. The SMILES string of the molecule is Nc1nc(SCCC(F)(F)F)nc2c1ncn2[C@@H]1O[C@H](CO)[C@@H](O)[C@H]1O. The number of aromatic nitrogens is 4. The first-order valence-electron chi connectivity index (χ1n) is 7.53. The van der Waals surface area contributed by atoms with Crippen molar-refractivity contribution in [3.8, 4) is 0 Å². The maximum atomic E-state index is 12.3. The third-order valence-electron chi connectivity index (χ3n) is 3.84. The number of halogens is 3. The number of nitrogens with two attached hydrogens (primary N) is 1. The molecular formula is C13H16F3N5O4S. The molecule has 0 amide bonds. The Kier molecular flexibility index (Phi) is 5.25. The van der Waals surface area contributed by atoms with Crippen LogP contribution >= 0.6 is 11.8 Å². The molecule has 3 rings (SSSR count). The van der Waals surface area contributed by atoms with Gasteiger partial charge < -0.3 is 25.8 Å². The van der Waals surface area contributed by atoms with E-state index in [2.05, 4.69) is 15.0 Å². The number of thioether (sulfide) groups is 1. The van der Waals surface area contributed by atoms with Gasteiger partial charge in [0.15, 0.2) is 22.8 Å². The Labute approximate surface area is 149 Å². The molecule has 1 aliphatic heterocycles. The largest absolute Gasteiger partial charge is 0.394 e. The Bertz CT molecular complexity index is 789. The lowest BCUT2D eigenvalue weighted by molar-refractivity contribution is -0.129. The van der Waals surface area contributed by atoms with Crippen molar-refractivity contribution in [3.05, 3.63) is 6.33 Å². The molecule has 0 aromatic carbocycles. The van der Waals surface area contributed by atoms with E-state index in [9.17, 15) is 28.5 Å². The summed E-state index contributed by atoms with van der Waals surface area (Å²) in [5, 5.41) is 29.2. The minimum absolute atomic E-state index is 0.0211. The zero-order chi connectivity index (χ0) is 19.1. The molecule has 26 heavy (non-hydrogen) atoms. The summed E-state index contributed by atoms with van der Waals surface area (Å²) in [5.74, 6) is -0.314. The van der Waals surface area contributed by atoms with Crippen LogP contribution in [-0.2, 0) is 4.74 Å². The second-order valence-corrected chi connectivity index (χ2v) is 6.72. The Morgan fingerprint density at radius 3 is 2.62 bits per heavy atom. The predicted molar refractivity (Wildman–Crippen MR) is 84.1 cm³/mol. The van der Waals surface area contributed by atoms with Gasteiger partial charge in [0.05, 0.1) is 19.4 Å². The van der Waals surface area contributed by atoms with E-state index >= 15 is 0 Å². The van der Waals surface area contributed by atoms with Crippen molar-refractivity contribution in [2.75, 3.05) is 18.1 Å². The van der Waals surface area contributed by atoms with E-state index in [-0.39, 0.29) is 27.9 Å². The average Bonchev–Trinajstić information content (AvgIpc) is 3.09. The number of alkyl halides is 3. The third-order valence-corrected chi connectivity index (χ3v) is 4.68. The summed E-state index contributed by atoms with van der Waals surface area (Å²) in [7, 11) is 0. The molecule has 0 saturated carbocycles. The molecular weight excluding hydrogens is 379 g/mol. The van der Waals surface area contributed by atoms with Crippen LogP contribution in [0.25, 0.3) is 11.2 Å². The lowest BCUT2D eigenvalue weighted by atomic mass is 10.1. The van der Waals surface area contributed by atoms with Gasteiger partial charge in [0.2, 0.25) is 0 Å². The average molecular weight is 395 g/mol. The van der Waals surface area contributed by atoms with Gasteiger partial charge in [0, 0.05) is 5.75 Å². The van der Waals surface area contributed by atoms with Crippen LogP contribution in [-0.4, -0.2) is 71.7 Å². The number of fused-ring (bicyclic) bond motifs is 1. The Morgan fingerprint density at radius 2 is 2.00 bits per heavy atom. The van der Waals surface area contributed by atoms with E-state index in [1.54, 1.807) is 0 Å². The number of rotatable bonds is 5. The smallest absolute Gasteiger partial charge is 0.389 e. The second kappa shape index (κ2) is 7.15. The van der Waals surface area contributed by atoms with Gasteiger partial charge in [0.25, 0.3) is 0 Å². The summed E-state index contributed by atoms with van der Waals surface area (Å²) in [6.45, 7) is -0.503. The normalized spacial score (nSPS) is 26.7. The van der Waals surface area contributed by atoms with Gasteiger partial charge in [-0.25, -0.2) is 15.0 Å². The van der Waals surface area contributed by atoms with Crippen LogP contribution in [0.1, 0.15) is 12.6 Å². The minimum atomic E-state index is -4.29. The molecule has 0 bridgehead atoms. The van der Waals surface area contributed by atoms with Crippen molar-refractivity contribution in [2.45, 2.75) is 42.3 Å². The Hall–Kier alpha value is -1.67. The fraction of sp³-hybridized carbons (Fsp3) is 0.615. The highest BCUT2D eigenvalue weighted by molar-refractivity contribution is 7.99. The molecule has 144 valence electrons. The zero-order valence-electron chi connectivity index (χ0n) is 13.2. The number of nitrogen functional groups attached to an aromatic ring is 1. The van der Waals surface area contributed by atoms with Crippen molar-refractivity contribution in [1.82, 2.24) is 19.5 Å². The Morgan fingerprint density at radius 1 is 1.27 bits per heavy atom. The molecule has 2 aromatic heterocycles. The number of ether oxygens (including phenoxy) is 1. The van der Waals surface area contributed by atoms with Crippen LogP contribution in [0.5, 0.6) is 0 Å². The van der Waals surface area contributed by atoms with Crippen LogP contribution in [0.2, 0.25) is 0 Å². The lowest BCUT2D eigenvalue weighted by Gasteiger charge is -2.16. The van der Waals surface area contributed by atoms with Crippen molar-refractivity contribution in [2.24, 2.45) is 0 Å². The Balaban J connectivity index is 1.88. The van der Waals surface area contributed by atoms with Crippen LogP contribution < -0.4 is 5.73 Å². The summed E-state index contributed by atoms with van der Waals surface area (Å²) in [6, 6.07) is 0. The van der Waals surface area contributed by atoms with E-state index in [1.165, 1.54) is 10.9 Å². The van der Waals surface area contributed by atoms with E-state index in [0.29, 0.717) is 0 Å². The number of nitrogens with zero attached hydrogens (tertiary/aromatic N) is 4. The van der Waals surface area contributed by atoms with Gasteiger partial charge in [-0.3, -0.25) is 4.57 Å². The van der Waals surface area contributed by atoms with Gasteiger partial charge in [-0.1, -0.05) is 11.8 Å². The number of anilines is 1. The topological polar surface area (TPSA) is 140 Å². The summed E-state index contributed by atoms with van der Waals surface area (Å²) < 4.78 is 43.5. The van der Waals surface area contributed by atoms with E-state index in [1.807, 2.05) is 0 Å². The van der Waals surface area contributed by atoms with E-state index < -0.39 is 43.7 Å². The standard InChI is InChI=1S/C13H16F3N5O4S/c14-13(15,16)1-2-26-12-19-9(17)6-10(20-12)21(4-18-6)11-8(24)7(23)5(3-22)25-11/h4-5,7-8,11,22-24H,1-3H2,(H2,17,19,20)/t5-,7-,8-,11-/m1/s1. The zero-order valence-corrected chi connectivity index (χ0v) is 14.0. The van der Waals surface area contributed by atoms with Crippen LogP contribution in [0.4, 0.5) is 19.0 Å². The summed E-state index contributed by atoms with van der Waals surface area (Å²) >= 11 is 0.781. The maximum Gasteiger partial charge on any atom is 0.389 e. The third kappa shape index (κ3) is 3.71. The van der Waals surface area contributed by atoms with E-state index in [0.717, 1.165) is 11.8 Å². The monoisotopic (exact) mass is 395 g/mol. The molecule has 5 N–H and O–H groups in total. The number of hydrogen-bond donors (Lipinski definition) is 4. The van der Waals surface area contributed by atoms with Crippen LogP contribution in [0, 0.1) is 0 Å². The molecule has 2 aromatic rings. The molecule has 0 aliphatic carbocycles. The maximum absolute atomic E-state index is 12.3. The van der Waals surface area contributed by atoms with Crippen molar-refractivity contribution in [1.29, 1.82) is 0 Å². The molecule has 3 heterocycles. The highest BCUT2D eigenvalue weighted by atomic mass is 32.2. The van der Waals surface area contributed by atoms with Crippen molar-refractivity contribution < 1.29 is 33.2 Å². The lowest BCUT2D eigenvalue weighted by Crippen LogP contribution is -2.33.